The summed E-state index contributed by atoms with van der Waals surface area (Å²) in [6.45, 7) is 0. The Hall–Kier alpha value is -1.95. The molecule has 2 rings (SSSR count). The smallest absolute Gasteiger partial charge is 0.353 e. The second-order valence-corrected chi connectivity index (χ2v) is 3.92. The molecule has 0 saturated heterocycles. The van der Waals surface area contributed by atoms with Crippen LogP contribution in [-0.2, 0) is 0 Å². The molecule has 0 saturated carbocycles. The molecule has 0 bridgehead atoms. The molecule has 1 aromatic heterocycles. The summed E-state index contributed by atoms with van der Waals surface area (Å²) in [4.78, 5) is 10.7. The normalized spacial score (nSPS) is 10.9. The number of aromatic amines is 1. The highest BCUT2D eigenvalue weighted by Crippen LogP contribution is 2.30. The number of halogens is 3. The highest BCUT2D eigenvalue weighted by molar-refractivity contribution is 6.33. The van der Waals surface area contributed by atoms with E-state index in [-0.39, 0.29) is 16.3 Å². The maximum absolute atomic E-state index is 12.4. The lowest BCUT2D eigenvalue weighted by Gasteiger charge is -2.04. The average Bonchev–Trinajstić information content (AvgIpc) is 2.78. The molecule has 0 unspecified atom stereocenters. The molecule has 0 amide bonds. The van der Waals surface area contributed by atoms with Crippen molar-refractivity contribution in [1.82, 2.24) is 10.2 Å². The lowest BCUT2D eigenvalue weighted by atomic mass is 10.1. The number of nitrogens with one attached hydrogen (secondary N) is 1. The quantitative estimate of drug-likeness (QED) is 0.900. The lowest BCUT2D eigenvalue weighted by molar-refractivity contribution is 0.0690. The molecule has 7 heteroatoms. The maximum atomic E-state index is 12.4. The van der Waals surface area contributed by atoms with Crippen LogP contribution in [0.15, 0.2) is 24.3 Å². The molecule has 1 heterocycles. The largest absolute Gasteiger partial charge is 0.477 e. The minimum Gasteiger partial charge on any atom is -0.477 e. The number of carbonyl (C=O) groups is 1. The Balaban J connectivity index is 2.41. The third kappa shape index (κ3) is 2.33. The molecule has 0 aliphatic heterocycles. The predicted molar refractivity (Wildman–Crippen MR) is 61.0 cm³/mol. The van der Waals surface area contributed by atoms with Gasteiger partial charge in [-0.05, 0) is 12.1 Å². The Morgan fingerprint density at radius 1 is 1.39 bits per heavy atom. The SMILES string of the molecule is O=C(O)c1cc(-c2ccc(C(F)F)cc2Cl)n[nH]1. The summed E-state index contributed by atoms with van der Waals surface area (Å²) in [5.74, 6) is -1.16. The van der Waals surface area contributed by atoms with E-state index in [2.05, 4.69) is 10.2 Å². The van der Waals surface area contributed by atoms with Crippen LogP contribution < -0.4 is 0 Å². The number of alkyl halides is 2. The van der Waals surface area contributed by atoms with Crippen molar-refractivity contribution in [1.29, 1.82) is 0 Å². The van der Waals surface area contributed by atoms with Crippen LogP contribution in [0.3, 0.4) is 0 Å². The van der Waals surface area contributed by atoms with Gasteiger partial charge in [0.05, 0.1) is 10.7 Å². The summed E-state index contributed by atoms with van der Waals surface area (Å²) in [6.07, 6.45) is -2.61. The van der Waals surface area contributed by atoms with E-state index in [0.717, 1.165) is 6.07 Å². The number of aromatic nitrogens is 2. The average molecular weight is 273 g/mol. The number of carboxylic acid groups (broad SMARTS) is 1. The number of rotatable bonds is 3. The van der Waals surface area contributed by atoms with Crippen LogP contribution in [0.2, 0.25) is 5.02 Å². The Morgan fingerprint density at radius 2 is 2.11 bits per heavy atom. The molecule has 2 aromatic rings. The van der Waals surface area contributed by atoms with Gasteiger partial charge >= 0.3 is 5.97 Å². The first-order valence-corrected chi connectivity index (χ1v) is 5.23. The molecule has 2 N–H and O–H groups in total. The van der Waals surface area contributed by atoms with E-state index < -0.39 is 12.4 Å². The zero-order valence-electron chi connectivity index (χ0n) is 8.82. The summed E-state index contributed by atoms with van der Waals surface area (Å²) in [7, 11) is 0. The number of hydrogen-bond donors (Lipinski definition) is 2. The summed E-state index contributed by atoms with van der Waals surface area (Å²) < 4.78 is 24.9. The van der Waals surface area contributed by atoms with Gasteiger partial charge in [0.2, 0.25) is 0 Å². The first-order chi connectivity index (χ1) is 8.49. The van der Waals surface area contributed by atoms with Gasteiger partial charge in [0.25, 0.3) is 6.43 Å². The van der Waals surface area contributed by atoms with Crippen LogP contribution in [0.1, 0.15) is 22.5 Å². The van der Waals surface area contributed by atoms with Gasteiger partial charge in [0.15, 0.2) is 0 Å². The van der Waals surface area contributed by atoms with Crippen LogP contribution >= 0.6 is 11.6 Å². The summed E-state index contributed by atoms with van der Waals surface area (Å²) in [5, 5.41) is 14.9. The second-order valence-electron chi connectivity index (χ2n) is 3.51. The van der Waals surface area contributed by atoms with Gasteiger partial charge < -0.3 is 5.11 Å². The molecule has 0 spiro atoms. The molecule has 0 fully saturated rings. The molecule has 0 atom stereocenters. The fraction of sp³-hybridized carbons (Fsp3) is 0.0909. The zero-order chi connectivity index (χ0) is 13.3. The van der Waals surface area contributed by atoms with E-state index in [4.69, 9.17) is 16.7 Å². The number of carboxylic acids is 1. The first kappa shape index (κ1) is 12.5. The van der Waals surface area contributed by atoms with Crippen molar-refractivity contribution in [3.8, 4) is 11.3 Å². The number of nitrogens with zero attached hydrogens (tertiary/aromatic N) is 1. The Morgan fingerprint density at radius 3 is 2.61 bits per heavy atom. The lowest BCUT2D eigenvalue weighted by Crippen LogP contribution is -1.95. The number of hydrogen-bond acceptors (Lipinski definition) is 2. The third-order valence-electron chi connectivity index (χ3n) is 2.33. The van der Waals surface area contributed by atoms with Crippen molar-refractivity contribution in [2.75, 3.05) is 0 Å². The van der Waals surface area contributed by atoms with E-state index in [1.54, 1.807) is 0 Å². The zero-order valence-corrected chi connectivity index (χ0v) is 9.58. The van der Waals surface area contributed by atoms with E-state index in [0.29, 0.717) is 11.3 Å². The predicted octanol–water partition coefficient (Wildman–Crippen LogP) is 3.37. The molecule has 18 heavy (non-hydrogen) atoms. The van der Waals surface area contributed by atoms with Crippen molar-refractivity contribution in [2.24, 2.45) is 0 Å². The van der Waals surface area contributed by atoms with E-state index >= 15 is 0 Å². The van der Waals surface area contributed by atoms with Crippen LogP contribution in [0.4, 0.5) is 8.78 Å². The fourth-order valence-electron chi connectivity index (χ4n) is 1.44. The van der Waals surface area contributed by atoms with Crippen molar-refractivity contribution < 1.29 is 18.7 Å². The maximum Gasteiger partial charge on any atom is 0.353 e. The van der Waals surface area contributed by atoms with Gasteiger partial charge in [-0.3, -0.25) is 5.10 Å². The Kier molecular flexibility index (Phi) is 3.29. The Bertz CT molecular complexity index is 598. The van der Waals surface area contributed by atoms with Crippen molar-refractivity contribution >= 4 is 17.6 Å². The van der Waals surface area contributed by atoms with E-state index in [1.807, 2.05) is 0 Å². The van der Waals surface area contributed by atoms with Crippen molar-refractivity contribution in [3.05, 3.63) is 40.5 Å². The van der Waals surface area contributed by atoms with Gasteiger partial charge in [-0.2, -0.15) is 5.10 Å². The summed E-state index contributed by atoms with van der Waals surface area (Å²) >= 11 is 5.86. The van der Waals surface area contributed by atoms with E-state index in [9.17, 15) is 13.6 Å². The van der Waals surface area contributed by atoms with Gasteiger partial charge in [0.1, 0.15) is 5.69 Å². The molecule has 0 radical (unpaired) electrons. The number of benzene rings is 1. The van der Waals surface area contributed by atoms with Crippen LogP contribution in [0.5, 0.6) is 0 Å². The Labute approximate surface area is 105 Å². The molecule has 4 nitrogen and oxygen atoms in total. The highest BCUT2D eigenvalue weighted by atomic mass is 35.5. The van der Waals surface area contributed by atoms with Gasteiger partial charge in [-0.25, -0.2) is 13.6 Å². The standard InChI is InChI=1S/C11H7ClF2N2O2/c12-7-3-5(10(13)14)1-2-6(7)8-4-9(11(17)18)16-15-8/h1-4,10H,(H,15,16)(H,17,18). The van der Waals surface area contributed by atoms with Gasteiger partial charge in [-0.15, -0.1) is 0 Å². The molecule has 0 aliphatic rings. The van der Waals surface area contributed by atoms with Gasteiger partial charge in [-0.1, -0.05) is 23.7 Å². The van der Waals surface area contributed by atoms with Crippen molar-refractivity contribution in [2.45, 2.75) is 6.43 Å². The van der Waals surface area contributed by atoms with Crippen LogP contribution in [0, 0.1) is 0 Å². The number of H-pyrrole nitrogens is 1. The minimum absolute atomic E-state index is 0.0937. The second kappa shape index (κ2) is 4.73. The monoisotopic (exact) mass is 272 g/mol. The molecular formula is C11H7ClF2N2O2. The van der Waals surface area contributed by atoms with Crippen LogP contribution in [-0.4, -0.2) is 21.3 Å². The number of aromatic carboxylic acids is 1. The minimum atomic E-state index is -2.61. The summed E-state index contributed by atoms with van der Waals surface area (Å²) in [5.41, 5.74) is 0.389. The molecular weight excluding hydrogens is 266 g/mol. The third-order valence-corrected chi connectivity index (χ3v) is 2.64. The van der Waals surface area contributed by atoms with Crippen LogP contribution in [0.25, 0.3) is 11.3 Å². The highest BCUT2D eigenvalue weighted by Gasteiger charge is 2.14. The van der Waals surface area contributed by atoms with Gasteiger partial charge in [0, 0.05) is 11.1 Å². The summed E-state index contributed by atoms with van der Waals surface area (Å²) in [6, 6.07) is 5.02. The van der Waals surface area contributed by atoms with E-state index in [1.165, 1.54) is 18.2 Å². The molecule has 1 aromatic carbocycles. The van der Waals surface area contributed by atoms with Crippen molar-refractivity contribution in [3.63, 3.8) is 0 Å². The fourth-order valence-corrected chi connectivity index (χ4v) is 1.73. The molecule has 0 aliphatic carbocycles. The first-order valence-electron chi connectivity index (χ1n) is 4.85. The molecule has 94 valence electrons. The topological polar surface area (TPSA) is 66.0 Å².